The summed E-state index contributed by atoms with van der Waals surface area (Å²) in [6.45, 7) is 0.156. The highest BCUT2D eigenvalue weighted by Crippen LogP contribution is 2.12. The van der Waals surface area contributed by atoms with Crippen LogP contribution >= 0.6 is 0 Å². The summed E-state index contributed by atoms with van der Waals surface area (Å²) < 4.78 is 31.5. The van der Waals surface area contributed by atoms with Crippen molar-refractivity contribution in [2.45, 2.75) is 11.4 Å². The molecule has 0 bridgehead atoms. The van der Waals surface area contributed by atoms with E-state index in [1.807, 2.05) is 0 Å². The smallest absolute Gasteiger partial charge is 0.240 e. The van der Waals surface area contributed by atoms with Gasteiger partial charge in [0.15, 0.2) is 0 Å². The molecule has 0 spiro atoms. The number of hydrogen-bond acceptors (Lipinski definition) is 5. The summed E-state index contributed by atoms with van der Waals surface area (Å²) in [4.78, 5) is 4.18. The molecule has 20 heavy (non-hydrogen) atoms. The van der Waals surface area contributed by atoms with Crippen LogP contribution in [0.3, 0.4) is 0 Å². The lowest BCUT2D eigenvalue weighted by Crippen LogP contribution is -2.23. The normalized spacial score (nSPS) is 11.2. The molecule has 2 aromatic rings. The highest BCUT2D eigenvalue weighted by molar-refractivity contribution is 7.89. The topological polar surface area (TPSA) is 94.3 Å². The number of pyridine rings is 1. The van der Waals surface area contributed by atoms with Crippen molar-refractivity contribution in [1.29, 1.82) is 0 Å². The number of nitrogens with one attached hydrogen (secondary N) is 1. The van der Waals surface area contributed by atoms with Crippen molar-refractivity contribution >= 4 is 15.7 Å². The minimum atomic E-state index is -3.56. The second-order valence-corrected chi connectivity index (χ2v) is 5.87. The molecular weight excluding hydrogens is 278 g/mol. The summed E-state index contributed by atoms with van der Waals surface area (Å²) in [7, 11) is -2.04. The van der Waals surface area contributed by atoms with E-state index in [9.17, 15) is 8.42 Å². The number of nitrogens with zero attached hydrogens (tertiary/aromatic N) is 1. The summed E-state index contributed by atoms with van der Waals surface area (Å²) in [6.07, 6.45) is 1.56. The first kappa shape index (κ1) is 14.3. The van der Waals surface area contributed by atoms with Crippen LogP contribution in [0.15, 0.2) is 47.5 Å². The molecule has 0 amide bonds. The van der Waals surface area contributed by atoms with Gasteiger partial charge in [0.25, 0.3) is 0 Å². The van der Waals surface area contributed by atoms with Crippen LogP contribution < -0.4 is 15.2 Å². The molecule has 0 aliphatic carbocycles. The van der Waals surface area contributed by atoms with E-state index in [0.29, 0.717) is 11.6 Å². The van der Waals surface area contributed by atoms with Gasteiger partial charge in [-0.2, -0.15) is 0 Å². The fourth-order valence-electron chi connectivity index (χ4n) is 1.54. The highest BCUT2D eigenvalue weighted by Gasteiger charge is 2.13. The lowest BCUT2D eigenvalue weighted by Gasteiger charge is -2.07. The molecule has 1 aromatic heterocycles. The Kier molecular flexibility index (Phi) is 4.21. The number of nitrogen functional groups attached to an aromatic ring is 1. The van der Waals surface area contributed by atoms with Crippen molar-refractivity contribution in [3.8, 4) is 5.88 Å². The molecule has 0 radical (unpaired) electrons. The van der Waals surface area contributed by atoms with Crippen molar-refractivity contribution in [1.82, 2.24) is 9.71 Å². The number of sulfonamides is 1. The molecule has 1 aromatic carbocycles. The maximum atomic E-state index is 12.0. The zero-order valence-corrected chi connectivity index (χ0v) is 11.7. The zero-order chi connectivity index (χ0) is 14.6. The van der Waals surface area contributed by atoms with Crippen molar-refractivity contribution in [2.24, 2.45) is 0 Å². The molecule has 0 unspecified atom stereocenters. The predicted octanol–water partition coefficient (Wildman–Crippen LogP) is 1.15. The standard InChI is InChI=1S/C13H15N3O3S/c1-19-13-7-2-10(8-15-13)9-16-20(17,18)12-5-3-11(14)4-6-12/h2-8,16H,9,14H2,1H3. The van der Waals surface area contributed by atoms with Crippen LogP contribution in [-0.4, -0.2) is 20.5 Å². The van der Waals surface area contributed by atoms with Crippen molar-refractivity contribution in [3.63, 3.8) is 0 Å². The molecule has 0 atom stereocenters. The van der Waals surface area contributed by atoms with Gasteiger partial charge in [-0.15, -0.1) is 0 Å². The molecular formula is C13H15N3O3S. The molecule has 1 heterocycles. The number of anilines is 1. The Morgan fingerprint density at radius 1 is 1.20 bits per heavy atom. The van der Waals surface area contributed by atoms with E-state index in [0.717, 1.165) is 5.56 Å². The van der Waals surface area contributed by atoms with Gasteiger partial charge in [0.2, 0.25) is 15.9 Å². The highest BCUT2D eigenvalue weighted by atomic mass is 32.2. The number of rotatable bonds is 5. The summed E-state index contributed by atoms with van der Waals surface area (Å²) in [6, 6.07) is 9.44. The largest absolute Gasteiger partial charge is 0.481 e. The Balaban J connectivity index is 2.06. The number of aromatic nitrogens is 1. The quantitative estimate of drug-likeness (QED) is 0.806. The molecule has 2 rings (SSSR count). The number of hydrogen-bond donors (Lipinski definition) is 2. The summed E-state index contributed by atoms with van der Waals surface area (Å²) in [5.41, 5.74) is 6.78. The third-order valence-corrected chi connectivity index (χ3v) is 4.08. The fourth-order valence-corrected chi connectivity index (χ4v) is 2.56. The van der Waals surface area contributed by atoms with Gasteiger partial charge in [-0.05, 0) is 29.8 Å². The Bertz CT molecular complexity index is 667. The van der Waals surface area contributed by atoms with Crippen molar-refractivity contribution in [2.75, 3.05) is 12.8 Å². The molecule has 0 saturated heterocycles. The first-order valence-electron chi connectivity index (χ1n) is 5.85. The average Bonchev–Trinajstić information content (AvgIpc) is 2.46. The second kappa shape index (κ2) is 5.89. The predicted molar refractivity (Wildman–Crippen MR) is 75.7 cm³/mol. The van der Waals surface area contributed by atoms with Gasteiger partial charge >= 0.3 is 0 Å². The summed E-state index contributed by atoms with van der Waals surface area (Å²) >= 11 is 0. The van der Waals surface area contributed by atoms with E-state index < -0.39 is 10.0 Å². The zero-order valence-electron chi connectivity index (χ0n) is 10.9. The first-order valence-corrected chi connectivity index (χ1v) is 7.34. The molecule has 106 valence electrons. The van der Waals surface area contributed by atoms with Crippen LogP contribution in [0.4, 0.5) is 5.69 Å². The SMILES string of the molecule is COc1ccc(CNS(=O)(=O)c2ccc(N)cc2)cn1. The van der Waals surface area contributed by atoms with Gasteiger partial charge in [0, 0.05) is 24.5 Å². The van der Waals surface area contributed by atoms with Crippen LogP contribution in [0.5, 0.6) is 5.88 Å². The lowest BCUT2D eigenvalue weighted by atomic mass is 10.3. The van der Waals surface area contributed by atoms with Crippen LogP contribution in [0.1, 0.15) is 5.56 Å². The first-order chi connectivity index (χ1) is 9.51. The Morgan fingerprint density at radius 3 is 2.45 bits per heavy atom. The maximum absolute atomic E-state index is 12.0. The van der Waals surface area contributed by atoms with Gasteiger partial charge in [-0.1, -0.05) is 6.07 Å². The van der Waals surface area contributed by atoms with Gasteiger partial charge in [-0.3, -0.25) is 0 Å². The van der Waals surface area contributed by atoms with E-state index in [2.05, 4.69) is 9.71 Å². The molecule has 7 heteroatoms. The van der Waals surface area contributed by atoms with Crippen LogP contribution in [0.2, 0.25) is 0 Å². The monoisotopic (exact) mass is 293 g/mol. The third-order valence-electron chi connectivity index (χ3n) is 2.66. The Labute approximate surface area is 117 Å². The summed E-state index contributed by atoms with van der Waals surface area (Å²) in [5, 5.41) is 0. The second-order valence-electron chi connectivity index (χ2n) is 4.10. The Hall–Kier alpha value is -2.12. The number of ether oxygens (including phenoxy) is 1. The van der Waals surface area contributed by atoms with Crippen molar-refractivity contribution < 1.29 is 13.2 Å². The molecule has 0 saturated carbocycles. The summed E-state index contributed by atoms with van der Waals surface area (Å²) in [5.74, 6) is 0.482. The minimum absolute atomic E-state index is 0.156. The van der Waals surface area contributed by atoms with E-state index >= 15 is 0 Å². The van der Waals surface area contributed by atoms with Gasteiger partial charge < -0.3 is 10.5 Å². The van der Waals surface area contributed by atoms with Gasteiger partial charge in [-0.25, -0.2) is 18.1 Å². The molecule has 0 fully saturated rings. The molecule has 0 aliphatic rings. The number of methoxy groups -OCH3 is 1. The van der Waals surface area contributed by atoms with E-state index in [1.165, 1.54) is 19.2 Å². The lowest BCUT2D eigenvalue weighted by molar-refractivity contribution is 0.397. The number of benzene rings is 1. The molecule has 6 nitrogen and oxygen atoms in total. The maximum Gasteiger partial charge on any atom is 0.240 e. The number of nitrogens with two attached hydrogens (primary N) is 1. The average molecular weight is 293 g/mol. The van der Waals surface area contributed by atoms with Crippen LogP contribution in [0.25, 0.3) is 0 Å². The third kappa shape index (κ3) is 3.46. The fraction of sp³-hybridized carbons (Fsp3) is 0.154. The Morgan fingerprint density at radius 2 is 1.90 bits per heavy atom. The molecule has 3 N–H and O–H groups in total. The minimum Gasteiger partial charge on any atom is -0.481 e. The van der Waals surface area contributed by atoms with Crippen LogP contribution in [0, 0.1) is 0 Å². The van der Waals surface area contributed by atoms with Gasteiger partial charge in [0.05, 0.1) is 12.0 Å². The van der Waals surface area contributed by atoms with Crippen LogP contribution in [-0.2, 0) is 16.6 Å². The van der Waals surface area contributed by atoms with E-state index in [4.69, 9.17) is 10.5 Å². The van der Waals surface area contributed by atoms with Crippen molar-refractivity contribution in [3.05, 3.63) is 48.2 Å². The van der Waals surface area contributed by atoms with E-state index in [1.54, 1.807) is 30.5 Å². The van der Waals surface area contributed by atoms with Gasteiger partial charge in [0.1, 0.15) is 0 Å². The van der Waals surface area contributed by atoms with E-state index in [-0.39, 0.29) is 11.4 Å². The molecule has 0 aliphatic heterocycles.